The van der Waals surface area contributed by atoms with Crippen molar-refractivity contribution in [3.8, 4) is 0 Å². The average Bonchev–Trinajstić information content (AvgIpc) is 2.48. The summed E-state index contributed by atoms with van der Waals surface area (Å²) in [5.74, 6) is 3.69. The molecule has 0 aliphatic carbocycles. The molecule has 0 saturated heterocycles. The largest absolute Gasteiger partial charge is 0.346 e. The zero-order valence-electron chi connectivity index (χ0n) is 10.2. The maximum atomic E-state index is 13.4. The highest BCUT2D eigenvalue weighted by atomic mass is 19.1. The molecule has 2 rings (SSSR count). The number of halogens is 2. The summed E-state index contributed by atoms with van der Waals surface area (Å²) in [5, 5.41) is 9.67. The Hall–Kier alpha value is -2.61. The number of amides is 1. The van der Waals surface area contributed by atoms with Crippen molar-refractivity contribution >= 4 is 11.7 Å². The molecule has 4 N–H and O–H groups in total. The molecule has 1 aromatic heterocycles. The van der Waals surface area contributed by atoms with Crippen LogP contribution in [0, 0.1) is 11.6 Å². The summed E-state index contributed by atoms with van der Waals surface area (Å²) in [5.41, 5.74) is 2.36. The SMILES string of the molecule is NNc1ccc(C(=O)NCc2cc(F)ccc2F)nn1. The fourth-order valence-corrected chi connectivity index (χ4v) is 1.48. The lowest BCUT2D eigenvalue weighted by Crippen LogP contribution is -2.25. The zero-order chi connectivity index (χ0) is 14.5. The summed E-state index contributed by atoms with van der Waals surface area (Å²) in [6.45, 7) is -0.152. The van der Waals surface area contributed by atoms with Gasteiger partial charge in [-0.2, -0.15) is 0 Å². The lowest BCUT2D eigenvalue weighted by Gasteiger charge is -2.06. The van der Waals surface area contributed by atoms with Gasteiger partial charge >= 0.3 is 0 Å². The highest BCUT2D eigenvalue weighted by Gasteiger charge is 2.10. The molecular weight excluding hydrogens is 268 g/mol. The number of carbonyl (C=O) groups is 1. The molecule has 0 atom stereocenters. The second kappa shape index (κ2) is 6.02. The number of anilines is 1. The van der Waals surface area contributed by atoms with Crippen molar-refractivity contribution in [2.45, 2.75) is 6.54 Å². The van der Waals surface area contributed by atoms with E-state index in [4.69, 9.17) is 5.84 Å². The molecule has 6 nitrogen and oxygen atoms in total. The van der Waals surface area contributed by atoms with E-state index in [-0.39, 0.29) is 17.8 Å². The van der Waals surface area contributed by atoms with Crippen molar-refractivity contribution in [3.63, 3.8) is 0 Å². The monoisotopic (exact) mass is 279 g/mol. The first-order valence-electron chi connectivity index (χ1n) is 5.62. The number of hydrogen-bond acceptors (Lipinski definition) is 5. The Bertz CT molecular complexity index is 618. The lowest BCUT2D eigenvalue weighted by atomic mass is 10.2. The molecule has 0 aliphatic rings. The smallest absolute Gasteiger partial charge is 0.272 e. The van der Waals surface area contributed by atoms with Crippen LogP contribution in [0.4, 0.5) is 14.6 Å². The number of nitrogen functional groups attached to an aromatic ring is 1. The van der Waals surface area contributed by atoms with E-state index >= 15 is 0 Å². The molecule has 0 fully saturated rings. The number of rotatable bonds is 4. The molecule has 0 aliphatic heterocycles. The van der Waals surface area contributed by atoms with Gasteiger partial charge in [-0.15, -0.1) is 10.2 Å². The van der Waals surface area contributed by atoms with Gasteiger partial charge in [-0.05, 0) is 30.3 Å². The molecule has 2 aromatic rings. The maximum Gasteiger partial charge on any atom is 0.272 e. The van der Waals surface area contributed by atoms with Gasteiger partial charge in [-0.3, -0.25) is 4.79 Å². The Kier molecular flexibility index (Phi) is 4.16. The summed E-state index contributed by atoms with van der Waals surface area (Å²) in [4.78, 5) is 11.7. The Labute approximate surface area is 113 Å². The van der Waals surface area contributed by atoms with E-state index in [2.05, 4.69) is 20.9 Å². The van der Waals surface area contributed by atoms with Gasteiger partial charge in [0.1, 0.15) is 11.6 Å². The third kappa shape index (κ3) is 3.23. The average molecular weight is 279 g/mol. The van der Waals surface area contributed by atoms with Crippen LogP contribution in [0.25, 0.3) is 0 Å². The van der Waals surface area contributed by atoms with Crippen molar-refractivity contribution in [3.05, 3.63) is 53.2 Å². The Morgan fingerprint density at radius 3 is 2.65 bits per heavy atom. The van der Waals surface area contributed by atoms with E-state index in [0.717, 1.165) is 18.2 Å². The third-order valence-electron chi connectivity index (χ3n) is 2.49. The zero-order valence-corrected chi connectivity index (χ0v) is 10.2. The minimum absolute atomic E-state index is 0.0424. The summed E-state index contributed by atoms with van der Waals surface area (Å²) < 4.78 is 26.3. The number of aromatic nitrogens is 2. The molecule has 0 bridgehead atoms. The number of nitrogens with two attached hydrogens (primary N) is 1. The third-order valence-corrected chi connectivity index (χ3v) is 2.49. The highest BCUT2D eigenvalue weighted by molar-refractivity contribution is 5.92. The van der Waals surface area contributed by atoms with Crippen LogP contribution in [0.2, 0.25) is 0 Å². The van der Waals surface area contributed by atoms with Crippen molar-refractivity contribution in [2.75, 3.05) is 5.43 Å². The number of nitrogens with zero attached hydrogens (tertiary/aromatic N) is 2. The molecule has 1 aromatic carbocycles. The molecular formula is C12H11F2N5O. The molecule has 104 valence electrons. The van der Waals surface area contributed by atoms with Crippen LogP contribution in [-0.4, -0.2) is 16.1 Å². The summed E-state index contributed by atoms with van der Waals surface area (Å²) in [7, 11) is 0. The van der Waals surface area contributed by atoms with Crippen molar-refractivity contribution < 1.29 is 13.6 Å². The van der Waals surface area contributed by atoms with Crippen LogP contribution in [0.3, 0.4) is 0 Å². The Balaban J connectivity index is 2.02. The number of benzene rings is 1. The predicted octanol–water partition coefficient (Wildman–Crippen LogP) is 0.970. The van der Waals surface area contributed by atoms with Gasteiger partial charge in [0.25, 0.3) is 5.91 Å². The molecule has 20 heavy (non-hydrogen) atoms. The van der Waals surface area contributed by atoms with Crippen LogP contribution >= 0.6 is 0 Å². The first-order chi connectivity index (χ1) is 9.60. The molecule has 0 spiro atoms. The minimum atomic E-state index is -0.597. The Morgan fingerprint density at radius 1 is 1.20 bits per heavy atom. The highest BCUT2D eigenvalue weighted by Crippen LogP contribution is 2.09. The predicted molar refractivity (Wildman–Crippen MR) is 67.4 cm³/mol. The van der Waals surface area contributed by atoms with Gasteiger partial charge < -0.3 is 10.7 Å². The Morgan fingerprint density at radius 2 is 2.00 bits per heavy atom. The number of hydrazine groups is 1. The lowest BCUT2D eigenvalue weighted by molar-refractivity contribution is 0.0944. The quantitative estimate of drug-likeness (QED) is 0.573. The number of nitrogens with one attached hydrogen (secondary N) is 2. The molecule has 0 unspecified atom stereocenters. The molecule has 8 heteroatoms. The second-order valence-corrected chi connectivity index (χ2v) is 3.87. The summed E-state index contributed by atoms with van der Waals surface area (Å²) in [6, 6.07) is 5.88. The van der Waals surface area contributed by atoms with Gasteiger partial charge in [-0.25, -0.2) is 14.6 Å². The van der Waals surface area contributed by atoms with E-state index in [1.54, 1.807) is 0 Å². The molecule has 0 saturated carbocycles. The fraction of sp³-hybridized carbons (Fsp3) is 0.0833. The minimum Gasteiger partial charge on any atom is -0.346 e. The van der Waals surface area contributed by atoms with Gasteiger partial charge in [0.15, 0.2) is 11.5 Å². The molecule has 1 heterocycles. The van der Waals surface area contributed by atoms with Gasteiger partial charge in [-0.1, -0.05) is 0 Å². The number of hydrogen-bond donors (Lipinski definition) is 3. The normalized spacial score (nSPS) is 10.2. The van der Waals surface area contributed by atoms with Gasteiger partial charge in [0.05, 0.1) is 0 Å². The van der Waals surface area contributed by atoms with E-state index in [0.29, 0.717) is 5.82 Å². The molecule has 0 radical (unpaired) electrons. The first kappa shape index (κ1) is 13.8. The van der Waals surface area contributed by atoms with E-state index in [1.165, 1.54) is 12.1 Å². The van der Waals surface area contributed by atoms with Crippen LogP contribution in [0.1, 0.15) is 16.1 Å². The van der Waals surface area contributed by atoms with E-state index in [9.17, 15) is 13.6 Å². The van der Waals surface area contributed by atoms with Crippen LogP contribution < -0.4 is 16.6 Å². The van der Waals surface area contributed by atoms with Crippen molar-refractivity contribution in [1.82, 2.24) is 15.5 Å². The van der Waals surface area contributed by atoms with Gasteiger partial charge in [0, 0.05) is 12.1 Å². The first-order valence-corrected chi connectivity index (χ1v) is 5.62. The maximum absolute atomic E-state index is 13.4. The van der Waals surface area contributed by atoms with Crippen molar-refractivity contribution in [1.29, 1.82) is 0 Å². The number of carbonyl (C=O) groups excluding carboxylic acids is 1. The van der Waals surface area contributed by atoms with Crippen LogP contribution in [0.5, 0.6) is 0 Å². The van der Waals surface area contributed by atoms with Crippen LogP contribution in [0.15, 0.2) is 30.3 Å². The topological polar surface area (TPSA) is 92.9 Å². The van der Waals surface area contributed by atoms with Crippen molar-refractivity contribution in [2.24, 2.45) is 5.84 Å². The molecule has 1 amide bonds. The summed E-state index contributed by atoms with van der Waals surface area (Å²) >= 11 is 0. The summed E-state index contributed by atoms with van der Waals surface area (Å²) in [6.07, 6.45) is 0. The van der Waals surface area contributed by atoms with E-state index in [1.807, 2.05) is 0 Å². The van der Waals surface area contributed by atoms with Crippen LogP contribution in [-0.2, 0) is 6.54 Å². The van der Waals surface area contributed by atoms with E-state index < -0.39 is 17.5 Å². The van der Waals surface area contributed by atoms with Gasteiger partial charge in [0.2, 0.25) is 0 Å². The standard InChI is InChI=1S/C12H11F2N5O/c13-8-1-2-9(14)7(5-8)6-16-12(20)10-3-4-11(17-15)19-18-10/h1-5H,6,15H2,(H,16,20)(H,17,19). The fourth-order valence-electron chi connectivity index (χ4n) is 1.48. The second-order valence-electron chi connectivity index (χ2n) is 3.87.